The fraction of sp³-hybridized carbons (Fsp3) is 0.148. The Morgan fingerprint density at radius 1 is 0.943 bits per heavy atom. The van der Waals surface area contributed by atoms with Gasteiger partial charge in [-0.1, -0.05) is 54.9 Å². The molecule has 0 aliphatic carbocycles. The van der Waals surface area contributed by atoms with Crippen molar-refractivity contribution < 1.29 is 23.9 Å². The number of carbonyl (C=O) groups excluding carboxylic acids is 3. The van der Waals surface area contributed by atoms with E-state index in [0.717, 1.165) is 16.9 Å². The summed E-state index contributed by atoms with van der Waals surface area (Å²) in [5, 5.41) is 2.57. The molecular formula is C27H23ClN2O5. The number of halogens is 1. The van der Waals surface area contributed by atoms with Gasteiger partial charge in [-0.05, 0) is 60.0 Å². The Hall–Kier alpha value is -4.10. The number of rotatable bonds is 8. The molecule has 7 nitrogen and oxygen atoms in total. The number of anilines is 1. The average Bonchev–Trinajstić information content (AvgIpc) is 2.86. The maximum Gasteiger partial charge on any atom is 0.335 e. The van der Waals surface area contributed by atoms with Gasteiger partial charge in [-0.3, -0.25) is 14.9 Å². The molecule has 1 heterocycles. The highest BCUT2D eigenvalue weighted by molar-refractivity contribution is 6.39. The Morgan fingerprint density at radius 3 is 2.37 bits per heavy atom. The summed E-state index contributed by atoms with van der Waals surface area (Å²) in [6, 6.07) is 20.3. The Balaban J connectivity index is 1.52. The molecule has 0 bridgehead atoms. The molecular weight excluding hydrogens is 468 g/mol. The number of hydrogen-bond acceptors (Lipinski definition) is 5. The first-order chi connectivity index (χ1) is 17.0. The summed E-state index contributed by atoms with van der Waals surface area (Å²) in [7, 11) is 0. The van der Waals surface area contributed by atoms with E-state index in [9.17, 15) is 14.4 Å². The van der Waals surface area contributed by atoms with Crippen molar-refractivity contribution in [2.45, 2.75) is 20.0 Å². The Kier molecular flexibility index (Phi) is 7.48. The topological polar surface area (TPSA) is 84.9 Å². The molecule has 0 saturated carbocycles. The number of ether oxygens (including phenoxy) is 2. The summed E-state index contributed by atoms with van der Waals surface area (Å²) >= 11 is 6.27. The lowest BCUT2D eigenvalue weighted by Crippen LogP contribution is -2.54. The third kappa shape index (κ3) is 5.70. The Labute approximate surface area is 207 Å². The van der Waals surface area contributed by atoms with E-state index in [0.29, 0.717) is 41.0 Å². The molecule has 4 rings (SSSR count). The lowest BCUT2D eigenvalue weighted by atomic mass is 10.1. The van der Waals surface area contributed by atoms with Crippen LogP contribution in [-0.4, -0.2) is 24.5 Å². The maximum atomic E-state index is 13.1. The highest BCUT2D eigenvalue weighted by Crippen LogP contribution is 2.28. The van der Waals surface area contributed by atoms with Gasteiger partial charge < -0.3 is 9.47 Å². The maximum absolute atomic E-state index is 13.1. The van der Waals surface area contributed by atoms with Crippen molar-refractivity contribution in [3.8, 4) is 11.5 Å². The summed E-state index contributed by atoms with van der Waals surface area (Å²) in [6.45, 7) is 2.89. The van der Waals surface area contributed by atoms with Crippen LogP contribution in [0.15, 0.2) is 78.4 Å². The lowest BCUT2D eigenvalue weighted by molar-refractivity contribution is -0.122. The second kappa shape index (κ2) is 10.9. The van der Waals surface area contributed by atoms with Crippen molar-refractivity contribution in [3.05, 3.63) is 94.5 Å². The van der Waals surface area contributed by atoms with Gasteiger partial charge in [-0.2, -0.15) is 0 Å². The van der Waals surface area contributed by atoms with Crippen molar-refractivity contribution in [1.29, 1.82) is 0 Å². The monoisotopic (exact) mass is 490 g/mol. The van der Waals surface area contributed by atoms with Crippen LogP contribution in [-0.2, 0) is 16.2 Å². The summed E-state index contributed by atoms with van der Waals surface area (Å²) in [4.78, 5) is 39.0. The van der Waals surface area contributed by atoms with Gasteiger partial charge in [0.1, 0.15) is 23.7 Å². The molecule has 0 atom stereocenters. The van der Waals surface area contributed by atoms with Crippen LogP contribution in [0, 0.1) is 0 Å². The van der Waals surface area contributed by atoms with E-state index >= 15 is 0 Å². The van der Waals surface area contributed by atoms with Crippen molar-refractivity contribution in [2.75, 3.05) is 11.5 Å². The first kappa shape index (κ1) is 24.0. The minimum atomic E-state index is -0.823. The fourth-order valence-electron chi connectivity index (χ4n) is 3.43. The second-order valence-corrected chi connectivity index (χ2v) is 8.17. The first-order valence-corrected chi connectivity index (χ1v) is 11.4. The molecule has 0 aromatic heterocycles. The van der Waals surface area contributed by atoms with Crippen LogP contribution in [0.5, 0.6) is 11.5 Å². The predicted molar refractivity (Wildman–Crippen MR) is 133 cm³/mol. The number of imide groups is 2. The molecule has 4 amide bonds. The molecule has 0 radical (unpaired) electrons. The van der Waals surface area contributed by atoms with Crippen LogP contribution in [0.25, 0.3) is 6.08 Å². The summed E-state index contributed by atoms with van der Waals surface area (Å²) in [6.07, 6.45) is 2.23. The standard InChI is InChI=1S/C27H23ClN2O5/c1-2-14-34-24-13-8-19(16-23(24)28)15-22-25(31)29-27(33)30(26(22)32)20-9-11-21(12-10-20)35-17-18-6-4-3-5-7-18/h3-13,15-16H,2,14,17H2,1H3,(H,29,31,33)/b22-15+. The number of nitrogens with one attached hydrogen (secondary N) is 1. The summed E-state index contributed by atoms with van der Waals surface area (Å²) in [5.41, 5.74) is 1.66. The van der Waals surface area contributed by atoms with Crippen molar-refractivity contribution >= 4 is 41.2 Å². The Bertz CT molecular complexity index is 1270. The highest BCUT2D eigenvalue weighted by atomic mass is 35.5. The van der Waals surface area contributed by atoms with Gasteiger partial charge in [0.25, 0.3) is 11.8 Å². The summed E-state index contributed by atoms with van der Waals surface area (Å²) < 4.78 is 11.3. The van der Waals surface area contributed by atoms with Crippen molar-refractivity contribution in [2.24, 2.45) is 0 Å². The number of amides is 4. The molecule has 1 aliphatic heterocycles. The van der Waals surface area contributed by atoms with Crippen LogP contribution in [0.4, 0.5) is 10.5 Å². The van der Waals surface area contributed by atoms with Gasteiger partial charge >= 0.3 is 6.03 Å². The number of barbiturate groups is 1. The largest absolute Gasteiger partial charge is 0.492 e. The third-order valence-corrected chi connectivity index (χ3v) is 5.47. The van der Waals surface area contributed by atoms with Crippen LogP contribution < -0.4 is 19.7 Å². The second-order valence-electron chi connectivity index (χ2n) is 7.76. The van der Waals surface area contributed by atoms with E-state index in [2.05, 4.69) is 5.32 Å². The van der Waals surface area contributed by atoms with E-state index in [4.69, 9.17) is 21.1 Å². The molecule has 1 aliphatic rings. The fourth-order valence-corrected chi connectivity index (χ4v) is 3.67. The van der Waals surface area contributed by atoms with Crippen LogP contribution in [0.1, 0.15) is 24.5 Å². The smallest absolute Gasteiger partial charge is 0.335 e. The zero-order valence-corrected chi connectivity index (χ0v) is 19.7. The minimum absolute atomic E-state index is 0.188. The number of hydrogen-bond donors (Lipinski definition) is 1. The van der Waals surface area contributed by atoms with E-state index in [1.54, 1.807) is 42.5 Å². The van der Waals surface area contributed by atoms with Gasteiger partial charge in [0, 0.05) is 0 Å². The third-order valence-electron chi connectivity index (χ3n) is 5.17. The molecule has 178 valence electrons. The highest BCUT2D eigenvalue weighted by Gasteiger charge is 2.36. The molecule has 0 unspecified atom stereocenters. The molecule has 3 aromatic carbocycles. The van der Waals surface area contributed by atoms with E-state index in [-0.39, 0.29) is 5.57 Å². The number of benzene rings is 3. The van der Waals surface area contributed by atoms with Crippen LogP contribution >= 0.6 is 11.6 Å². The van der Waals surface area contributed by atoms with Gasteiger partial charge in [0.15, 0.2) is 0 Å². The van der Waals surface area contributed by atoms with Crippen molar-refractivity contribution in [3.63, 3.8) is 0 Å². The first-order valence-electron chi connectivity index (χ1n) is 11.1. The quantitative estimate of drug-likeness (QED) is 0.339. The average molecular weight is 491 g/mol. The van der Waals surface area contributed by atoms with Gasteiger partial charge in [0.2, 0.25) is 0 Å². The SMILES string of the molecule is CCCOc1ccc(/C=C2\C(=O)NC(=O)N(c3ccc(OCc4ccccc4)cc3)C2=O)cc1Cl. The van der Waals surface area contributed by atoms with E-state index < -0.39 is 17.8 Å². The Morgan fingerprint density at radius 2 is 1.69 bits per heavy atom. The molecule has 8 heteroatoms. The lowest BCUT2D eigenvalue weighted by Gasteiger charge is -2.26. The number of carbonyl (C=O) groups is 3. The molecule has 35 heavy (non-hydrogen) atoms. The molecule has 0 spiro atoms. The van der Waals surface area contributed by atoms with Crippen molar-refractivity contribution in [1.82, 2.24) is 5.32 Å². The molecule has 1 saturated heterocycles. The van der Waals surface area contributed by atoms with Gasteiger partial charge in [-0.25, -0.2) is 9.69 Å². The molecule has 1 fully saturated rings. The zero-order chi connectivity index (χ0) is 24.8. The van der Waals surface area contributed by atoms with Crippen LogP contribution in [0.2, 0.25) is 5.02 Å². The van der Waals surface area contributed by atoms with E-state index in [1.807, 2.05) is 37.3 Å². The summed E-state index contributed by atoms with van der Waals surface area (Å²) in [5.74, 6) is -0.420. The zero-order valence-electron chi connectivity index (χ0n) is 19.0. The minimum Gasteiger partial charge on any atom is -0.492 e. The van der Waals surface area contributed by atoms with Gasteiger partial charge in [-0.15, -0.1) is 0 Å². The number of urea groups is 1. The predicted octanol–water partition coefficient (Wildman–Crippen LogP) is 5.37. The molecule has 3 aromatic rings. The number of nitrogens with zero attached hydrogens (tertiary/aromatic N) is 1. The van der Waals surface area contributed by atoms with E-state index in [1.165, 1.54) is 6.08 Å². The molecule has 1 N–H and O–H groups in total. The van der Waals surface area contributed by atoms with Gasteiger partial charge in [0.05, 0.1) is 17.3 Å². The normalized spacial score (nSPS) is 14.7. The van der Waals surface area contributed by atoms with Crippen LogP contribution in [0.3, 0.4) is 0 Å².